The minimum Gasteiger partial charge on any atom is -0.243 e. The van der Waals surface area contributed by atoms with Crippen LogP contribution in [0.4, 0.5) is 0 Å². The minimum absolute atomic E-state index is 0.00358. The van der Waals surface area contributed by atoms with Gasteiger partial charge in [-0.15, -0.1) is 11.6 Å². The zero-order valence-electron chi connectivity index (χ0n) is 6.99. The van der Waals surface area contributed by atoms with E-state index in [4.69, 9.17) is 11.6 Å². The van der Waals surface area contributed by atoms with E-state index < -0.39 is 10.0 Å². The van der Waals surface area contributed by atoms with E-state index in [-0.39, 0.29) is 5.03 Å². The van der Waals surface area contributed by atoms with Crippen LogP contribution in [0.3, 0.4) is 0 Å². The van der Waals surface area contributed by atoms with E-state index in [1.807, 2.05) is 0 Å². The maximum atomic E-state index is 11.2. The average molecular weight is 221 g/mol. The van der Waals surface area contributed by atoms with Gasteiger partial charge in [0.1, 0.15) is 0 Å². The van der Waals surface area contributed by atoms with Gasteiger partial charge in [-0.2, -0.15) is 0 Å². The molecule has 6 heteroatoms. The molecule has 1 rings (SSSR count). The molecule has 0 saturated carbocycles. The van der Waals surface area contributed by atoms with E-state index in [1.54, 1.807) is 6.07 Å². The van der Waals surface area contributed by atoms with Crippen LogP contribution in [0.1, 0.15) is 5.56 Å². The molecule has 0 spiro atoms. The second kappa shape index (κ2) is 4.04. The number of rotatable bonds is 3. The summed E-state index contributed by atoms with van der Waals surface area (Å²) in [6.07, 6.45) is 1.44. The molecule has 0 aliphatic rings. The fraction of sp³-hybridized carbons (Fsp3) is 0.286. The number of nitrogens with one attached hydrogen (secondary N) is 1. The summed E-state index contributed by atoms with van der Waals surface area (Å²) in [7, 11) is -2.09. The first-order valence-electron chi connectivity index (χ1n) is 3.54. The molecule has 0 amide bonds. The summed E-state index contributed by atoms with van der Waals surface area (Å²) in [5.41, 5.74) is 0.789. The van der Waals surface area contributed by atoms with Crippen molar-refractivity contribution in [2.24, 2.45) is 0 Å². The quantitative estimate of drug-likeness (QED) is 0.764. The highest BCUT2D eigenvalue weighted by molar-refractivity contribution is 7.89. The average Bonchev–Trinajstić information content (AvgIpc) is 2.18. The molecule has 72 valence electrons. The van der Waals surface area contributed by atoms with Gasteiger partial charge in [-0.1, -0.05) is 6.07 Å². The van der Waals surface area contributed by atoms with Crippen molar-refractivity contribution in [3.63, 3.8) is 0 Å². The first-order chi connectivity index (χ1) is 6.10. The standard InChI is InChI=1S/C7H9ClN2O2S/c1-9-13(11,12)7-3-2-6(4-8)5-10-7/h2-3,5,9H,4H2,1H3. The molecule has 0 saturated heterocycles. The molecule has 0 fully saturated rings. The molecule has 0 atom stereocenters. The number of aromatic nitrogens is 1. The summed E-state index contributed by atoms with van der Waals surface area (Å²) >= 11 is 5.52. The van der Waals surface area contributed by atoms with Crippen molar-refractivity contribution in [2.75, 3.05) is 7.05 Å². The number of alkyl halides is 1. The molecule has 13 heavy (non-hydrogen) atoms. The minimum atomic E-state index is -3.43. The second-order valence-electron chi connectivity index (χ2n) is 2.35. The lowest BCUT2D eigenvalue weighted by Gasteiger charge is -2.01. The number of nitrogens with zero attached hydrogens (tertiary/aromatic N) is 1. The molecular formula is C7H9ClN2O2S. The number of hydrogen-bond donors (Lipinski definition) is 1. The Bertz CT molecular complexity index is 374. The molecular weight excluding hydrogens is 212 g/mol. The molecule has 0 aliphatic carbocycles. The lowest BCUT2D eigenvalue weighted by molar-refractivity contribution is 0.584. The van der Waals surface area contributed by atoms with Crippen molar-refractivity contribution < 1.29 is 8.42 Å². The second-order valence-corrected chi connectivity index (χ2v) is 4.45. The molecule has 0 aromatic carbocycles. The van der Waals surface area contributed by atoms with Crippen LogP contribution in [0.5, 0.6) is 0 Å². The normalized spacial score (nSPS) is 11.5. The van der Waals surface area contributed by atoms with E-state index in [0.29, 0.717) is 5.88 Å². The zero-order chi connectivity index (χ0) is 9.90. The van der Waals surface area contributed by atoms with Gasteiger partial charge in [-0.25, -0.2) is 18.1 Å². The van der Waals surface area contributed by atoms with Gasteiger partial charge >= 0.3 is 0 Å². The predicted molar refractivity (Wildman–Crippen MR) is 50.0 cm³/mol. The van der Waals surface area contributed by atoms with E-state index in [2.05, 4.69) is 9.71 Å². The third-order valence-corrected chi connectivity index (χ3v) is 3.13. The highest BCUT2D eigenvalue weighted by Crippen LogP contribution is 2.07. The molecule has 0 aliphatic heterocycles. The Morgan fingerprint density at radius 3 is 2.62 bits per heavy atom. The summed E-state index contributed by atoms with van der Waals surface area (Å²) in [5, 5.41) is 0.00358. The number of hydrogen-bond acceptors (Lipinski definition) is 3. The molecule has 4 nitrogen and oxygen atoms in total. The maximum absolute atomic E-state index is 11.2. The van der Waals surface area contributed by atoms with Crippen LogP contribution in [0.25, 0.3) is 0 Å². The lowest BCUT2D eigenvalue weighted by atomic mass is 10.3. The van der Waals surface area contributed by atoms with Crippen LogP contribution in [0.2, 0.25) is 0 Å². The van der Waals surface area contributed by atoms with Crippen molar-refractivity contribution in [1.29, 1.82) is 0 Å². The van der Waals surface area contributed by atoms with Crippen molar-refractivity contribution in [1.82, 2.24) is 9.71 Å². The van der Waals surface area contributed by atoms with Crippen molar-refractivity contribution in [2.45, 2.75) is 10.9 Å². The van der Waals surface area contributed by atoms with E-state index >= 15 is 0 Å². The molecule has 1 aromatic rings. The third kappa shape index (κ3) is 2.40. The Kier molecular flexibility index (Phi) is 3.24. The van der Waals surface area contributed by atoms with Crippen molar-refractivity contribution >= 4 is 21.6 Å². The number of pyridine rings is 1. The topological polar surface area (TPSA) is 59.1 Å². The highest BCUT2D eigenvalue weighted by atomic mass is 35.5. The summed E-state index contributed by atoms with van der Waals surface area (Å²) in [6.45, 7) is 0. The van der Waals surface area contributed by atoms with Gasteiger partial charge < -0.3 is 0 Å². The van der Waals surface area contributed by atoms with E-state index in [1.165, 1.54) is 19.3 Å². The Morgan fingerprint density at radius 1 is 1.54 bits per heavy atom. The SMILES string of the molecule is CNS(=O)(=O)c1ccc(CCl)cn1. The number of sulfonamides is 1. The van der Waals surface area contributed by atoms with Crippen molar-refractivity contribution in [3.05, 3.63) is 23.9 Å². The van der Waals surface area contributed by atoms with Gasteiger partial charge in [-0.3, -0.25) is 0 Å². The van der Waals surface area contributed by atoms with E-state index in [0.717, 1.165) is 5.56 Å². The summed E-state index contributed by atoms with van der Waals surface area (Å²) < 4.78 is 24.6. The zero-order valence-corrected chi connectivity index (χ0v) is 8.56. The number of halogens is 1. The van der Waals surface area contributed by atoms with Crippen LogP contribution in [0.15, 0.2) is 23.4 Å². The smallest absolute Gasteiger partial charge is 0.243 e. The van der Waals surface area contributed by atoms with Gasteiger partial charge in [0.25, 0.3) is 10.0 Å². The Morgan fingerprint density at radius 2 is 2.23 bits per heavy atom. The Labute approximate surface area is 82.0 Å². The van der Waals surface area contributed by atoms with Crippen LogP contribution in [-0.4, -0.2) is 20.4 Å². The third-order valence-electron chi connectivity index (χ3n) is 1.50. The molecule has 0 bridgehead atoms. The van der Waals surface area contributed by atoms with Gasteiger partial charge in [-0.05, 0) is 18.7 Å². The Hall–Kier alpha value is -0.650. The Balaban J connectivity index is 3.06. The lowest BCUT2D eigenvalue weighted by Crippen LogP contribution is -2.19. The predicted octanol–water partition coefficient (Wildman–Crippen LogP) is 0.728. The highest BCUT2D eigenvalue weighted by Gasteiger charge is 2.11. The fourth-order valence-electron chi connectivity index (χ4n) is 0.754. The van der Waals surface area contributed by atoms with Gasteiger partial charge in [0, 0.05) is 12.1 Å². The van der Waals surface area contributed by atoms with Gasteiger partial charge in [0.2, 0.25) is 0 Å². The largest absolute Gasteiger partial charge is 0.257 e. The first-order valence-corrected chi connectivity index (χ1v) is 5.56. The fourth-order valence-corrected chi connectivity index (χ4v) is 1.56. The summed E-state index contributed by atoms with van der Waals surface area (Å²) in [6, 6.07) is 3.05. The first kappa shape index (κ1) is 10.4. The molecule has 0 radical (unpaired) electrons. The molecule has 1 aromatic heterocycles. The monoisotopic (exact) mass is 220 g/mol. The molecule has 1 heterocycles. The van der Waals surface area contributed by atoms with E-state index in [9.17, 15) is 8.42 Å². The van der Waals surface area contributed by atoms with Gasteiger partial charge in [0.05, 0.1) is 0 Å². The van der Waals surface area contributed by atoms with Gasteiger partial charge in [0.15, 0.2) is 5.03 Å². The molecule has 0 unspecified atom stereocenters. The maximum Gasteiger partial charge on any atom is 0.257 e. The van der Waals surface area contributed by atoms with Crippen LogP contribution in [-0.2, 0) is 15.9 Å². The van der Waals surface area contributed by atoms with Crippen LogP contribution < -0.4 is 4.72 Å². The van der Waals surface area contributed by atoms with Crippen LogP contribution in [0, 0.1) is 0 Å². The van der Waals surface area contributed by atoms with Crippen molar-refractivity contribution in [3.8, 4) is 0 Å². The summed E-state index contributed by atoms with van der Waals surface area (Å²) in [4.78, 5) is 3.76. The molecule has 1 N–H and O–H groups in total. The van der Waals surface area contributed by atoms with Crippen LogP contribution >= 0.6 is 11.6 Å². The summed E-state index contributed by atoms with van der Waals surface area (Å²) in [5.74, 6) is 0.326.